The molecule has 0 spiro atoms. The Hall–Kier alpha value is -1.55. The topological polar surface area (TPSA) is 49.8 Å². The highest BCUT2D eigenvalue weighted by molar-refractivity contribution is 5.80. The molecule has 0 aromatic heterocycles. The van der Waals surface area contributed by atoms with Crippen LogP contribution in [0.25, 0.3) is 0 Å². The normalized spacial score (nSPS) is 18.0. The zero-order valence-corrected chi connectivity index (χ0v) is 13.0. The van der Waals surface area contributed by atoms with E-state index in [4.69, 9.17) is 9.84 Å². The standard InChI is InChI=1S/C17H25NO3/c1-13-7-8-16(21-2)14(11-13)12-17(20)18-9-3-5-15(18)6-4-10-19/h7-8,11,15,19H,3-6,9-10,12H2,1-2H3. The maximum absolute atomic E-state index is 12.6. The number of aryl methyl sites for hydroxylation is 1. The zero-order valence-electron chi connectivity index (χ0n) is 13.0. The van der Waals surface area contributed by atoms with E-state index in [2.05, 4.69) is 0 Å². The number of rotatable bonds is 6. The molecule has 1 aromatic rings. The van der Waals surface area contributed by atoms with Gasteiger partial charge in [0.2, 0.25) is 5.91 Å². The Morgan fingerprint density at radius 1 is 1.48 bits per heavy atom. The number of likely N-dealkylation sites (tertiary alicyclic amines) is 1. The van der Waals surface area contributed by atoms with Crippen LogP contribution in [0, 0.1) is 6.92 Å². The summed E-state index contributed by atoms with van der Waals surface area (Å²) in [6.45, 7) is 3.06. The fourth-order valence-corrected chi connectivity index (χ4v) is 3.10. The van der Waals surface area contributed by atoms with Crippen LogP contribution >= 0.6 is 0 Å². The number of nitrogens with zero attached hydrogens (tertiary/aromatic N) is 1. The lowest BCUT2D eigenvalue weighted by Crippen LogP contribution is -2.36. The molecule has 116 valence electrons. The largest absolute Gasteiger partial charge is 0.496 e. The molecule has 1 N–H and O–H groups in total. The van der Waals surface area contributed by atoms with Crippen molar-refractivity contribution in [2.75, 3.05) is 20.3 Å². The minimum atomic E-state index is 0.166. The van der Waals surface area contributed by atoms with E-state index in [1.807, 2.05) is 30.0 Å². The predicted octanol–water partition coefficient (Wildman–Crippen LogP) is 2.31. The van der Waals surface area contributed by atoms with Crippen LogP contribution < -0.4 is 4.74 Å². The van der Waals surface area contributed by atoms with Gasteiger partial charge in [-0.25, -0.2) is 0 Å². The lowest BCUT2D eigenvalue weighted by Gasteiger charge is -2.25. The van der Waals surface area contributed by atoms with Crippen LogP contribution in [0.5, 0.6) is 5.75 Å². The first kappa shape index (κ1) is 15.8. The summed E-state index contributed by atoms with van der Waals surface area (Å²) < 4.78 is 5.35. The minimum Gasteiger partial charge on any atom is -0.496 e. The minimum absolute atomic E-state index is 0.166. The molecular formula is C17H25NO3. The first-order chi connectivity index (χ1) is 10.2. The van der Waals surface area contributed by atoms with Crippen molar-refractivity contribution >= 4 is 5.91 Å². The van der Waals surface area contributed by atoms with Gasteiger partial charge in [-0.2, -0.15) is 0 Å². The molecule has 1 amide bonds. The molecule has 0 bridgehead atoms. The van der Waals surface area contributed by atoms with Crippen molar-refractivity contribution in [3.05, 3.63) is 29.3 Å². The SMILES string of the molecule is COc1ccc(C)cc1CC(=O)N1CCCC1CCCO. The number of amides is 1. The average Bonchev–Trinajstić information content (AvgIpc) is 2.94. The van der Waals surface area contributed by atoms with E-state index in [0.29, 0.717) is 12.5 Å². The molecule has 1 aliphatic heterocycles. The fourth-order valence-electron chi connectivity index (χ4n) is 3.10. The van der Waals surface area contributed by atoms with Crippen molar-refractivity contribution in [1.29, 1.82) is 0 Å². The Balaban J connectivity index is 2.05. The van der Waals surface area contributed by atoms with E-state index < -0.39 is 0 Å². The number of aliphatic hydroxyl groups excluding tert-OH is 1. The molecular weight excluding hydrogens is 266 g/mol. The van der Waals surface area contributed by atoms with Gasteiger partial charge >= 0.3 is 0 Å². The van der Waals surface area contributed by atoms with Crippen molar-refractivity contribution in [1.82, 2.24) is 4.90 Å². The Bertz CT molecular complexity index is 487. The van der Waals surface area contributed by atoms with Crippen molar-refractivity contribution in [2.24, 2.45) is 0 Å². The molecule has 21 heavy (non-hydrogen) atoms. The number of benzene rings is 1. The van der Waals surface area contributed by atoms with Gasteiger partial charge in [-0.15, -0.1) is 0 Å². The Morgan fingerprint density at radius 3 is 3.00 bits per heavy atom. The maximum Gasteiger partial charge on any atom is 0.227 e. The summed E-state index contributed by atoms with van der Waals surface area (Å²) in [6.07, 6.45) is 4.17. The van der Waals surface area contributed by atoms with Gasteiger partial charge in [-0.1, -0.05) is 17.7 Å². The number of hydrogen-bond donors (Lipinski definition) is 1. The first-order valence-electron chi connectivity index (χ1n) is 7.69. The van der Waals surface area contributed by atoms with E-state index in [1.54, 1.807) is 7.11 Å². The molecule has 1 fully saturated rings. The summed E-state index contributed by atoms with van der Waals surface area (Å²) in [5.74, 6) is 0.944. The van der Waals surface area contributed by atoms with Gasteiger partial charge in [0, 0.05) is 24.8 Å². The average molecular weight is 291 g/mol. The summed E-state index contributed by atoms with van der Waals surface area (Å²) in [5, 5.41) is 8.97. The quantitative estimate of drug-likeness (QED) is 0.875. The highest BCUT2D eigenvalue weighted by Gasteiger charge is 2.28. The molecule has 1 atom stereocenters. The fraction of sp³-hybridized carbons (Fsp3) is 0.588. The Morgan fingerprint density at radius 2 is 2.29 bits per heavy atom. The van der Waals surface area contributed by atoms with E-state index in [0.717, 1.165) is 49.1 Å². The molecule has 2 rings (SSSR count). The van der Waals surface area contributed by atoms with Crippen LogP contribution in [0.2, 0.25) is 0 Å². The number of carbonyl (C=O) groups excluding carboxylic acids is 1. The van der Waals surface area contributed by atoms with Crippen LogP contribution in [-0.2, 0) is 11.2 Å². The third-order valence-electron chi connectivity index (χ3n) is 4.17. The van der Waals surface area contributed by atoms with E-state index in [-0.39, 0.29) is 12.5 Å². The lowest BCUT2D eigenvalue weighted by molar-refractivity contribution is -0.131. The lowest BCUT2D eigenvalue weighted by atomic mass is 10.1. The second-order valence-electron chi connectivity index (χ2n) is 5.74. The van der Waals surface area contributed by atoms with E-state index in [9.17, 15) is 4.79 Å². The van der Waals surface area contributed by atoms with Gasteiger partial charge in [0.25, 0.3) is 0 Å². The molecule has 1 heterocycles. The molecule has 1 aromatic carbocycles. The molecule has 1 saturated heterocycles. The Kier molecular flexibility index (Phi) is 5.62. The molecule has 4 heteroatoms. The van der Waals surface area contributed by atoms with Crippen LogP contribution in [-0.4, -0.2) is 42.2 Å². The molecule has 0 saturated carbocycles. The zero-order chi connectivity index (χ0) is 15.2. The Labute approximate surface area is 126 Å². The van der Waals surface area contributed by atoms with Crippen LogP contribution in [0.15, 0.2) is 18.2 Å². The number of carbonyl (C=O) groups is 1. The smallest absolute Gasteiger partial charge is 0.227 e. The number of aliphatic hydroxyl groups is 1. The molecule has 0 radical (unpaired) electrons. The van der Waals surface area contributed by atoms with Gasteiger partial charge in [0.15, 0.2) is 0 Å². The number of methoxy groups -OCH3 is 1. The van der Waals surface area contributed by atoms with Crippen molar-refractivity contribution < 1.29 is 14.6 Å². The van der Waals surface area contributed by atoms with Crippen LogP contribution in [0.1, 0.15) is 36.8 Å². The van der Waals surface area contributed by atoms with Gasteiger partial charge < -0.3 is 14.7 Å². The summed E-state index contributed by atoms with van der Waals surface area (Å²) >= 11 is 0. The van der Waals surface area contributed by atoms with Gasteiger partial charge in [0.1, 0.15) is 5.75 Å². The summed E-state index contributed by atoms with van der Waals surface area (Å²) in [7, 11) is 1.64. The second kappa shape index (κ2) is 7.46. The van der Waals surface area contributed by atoms with Crippen LogP contribution in [0.4, 0.5) is 0 Å². The third-order valence-corrected chi connectivity index (χ3v) is 4.17. The number of hydrogen-bond acceptors (Lipinski definition) is 3. The first-order valence-corrected chi connectivity index (χ1v) is 7.69. The second-order valence-corrected chi connectivity index (χ2v) is 5.74. The molecule has 4 nitrogen and oxygen atoms in total. The third kappa shape index (κ3) is 3.97. The van der Waals surface area contributed by atoms with Gasteiger partial charge in [-0.3, -0.25) is 4.79 Å². The maximum atomic E-state index is 12.6. The van der Waals surface area contributed by atoms with Crippen molar-refractivity contribution in [3.63, 3.8) is 0 Å². The highest BCUT2D eigenvalue weighted by Crippen LogP contribution is 2.25. The molecule has 1 aliphatic rings. The van der Waals surface area contributed by atoms with Gasteiger partial charge in [-0.05, 0) is 38.7 Å². The van der Waals surface area contributed by atoms with Crippen molar-refractivity contribution in [3.8, 4) is 5.75 Å². The monoisotopic (exact) mass is 291 g/mol. The highest BCUT2D eigenvalue weighted by atomic mass is 16.5. The number of ether oxygens (including phenoxy) is 1. The van der Waals surface area contributed by atoms with E-state index >= 15 is 0 Å². The molecule has 1 unspecified atom stereocenters. The molecule has 0 aliphatic carbocycles. The summed E-state index contributed by atoms with van der Waals surface area (Å²) in [5.41, 5.74) is 2.09. The van der Waals surface area contributed by atoms with E-state index in [1.165, 1.54) is 0 Å². The summed E-state index contributed by atoms with van der Waals surface area (Å²) in [4.78, 5) is 14.6. The van der Waals surface area contributed by atoms with Gasteiger partial charge in [0.05, 0.1) is 13.5 Å². The van der Waals surface area contributed by atoms with Crippen molar-refractivity contribution in [2.45, 2.75) is 45.1 Å². The summed E-state index contributed by atoms with van der Waals surface area (Å²) in [6, 6.07) is 6.23. The predicted molar refractivity (Wildman–Crippen MR) is 82.5 cm³/mol. The van der Waals surface area contributed by atoms with Crippen LogP contribution in [0.3, 0.4) is 0 Å².